The smallest absolute Gasteiger partial charge is 0.343 e. The van der Waals surface area contributed by atoms with Gasteiger partial charge in [0.1, 0.15) is 5.75 Å². The molecule has 2 aromatic rings. The number of carbonyl (C=O) groups excluding carboxylic acids is 2. The molecule has 170 valence electrons. The molecule has 0 bridgehead atoms. The summed E-state index contributed by atoms with van der Waals surface area (Å²) in [5, 5.41) is 0.372. The highest BCUT2D eigenvalue weighted by atomic mass is 35.5. The van der Waals surface area contributed by atoms with E-state index in [2.05, 4.69) is 33.9 Å². The lowest BCUT2D eigenvalue weighted by molar-refractivity contribution is -0.143. The Morgan fingerprint density at radius 3 is 2.62 bits per heavy atom. The predicted octanol–water partition coefficient (Wildman–Crippen LogP) is 3.66. The molecule has 4 rings (SSSR count). The number of hydrogen-bond acceptors (Lipinski definition) is 5. The van der Waals surface area contributed by atoms with Gasteiger partial charge in [0.2, 0.25) is 5.91 Å². The summed E-state index contributed by atoms with van der Waals surface area (Å²) in [5.41, 5.74) is 3.43. The van der Waals surface area contributed by atoms with Crippen LogP contribution in [0.4, 0.5) is 0 Å². The third-order valence-electron chi connectivity index (χ3n) is 6.29. The minimum atomic E-state index is -0.477. The normalized spacial score (nSPS) is 18.3. The molecule has 2 aromatic carbocycles. The van der Waals surface area contributed by atoms with E-state index >= 15 is 0 Å². The van der Waals surface area contributed by atoms with Gasteiger partial charge < -0.3 is 19.3 Å². The maximum Gasteiger partial charge on any atom is 0.343 e. The molecular weight excluding hydrogens is 428 g/mol. The summed E-state index contributed by atoms with van der Waals surface area (Å²) in [4.78, 5) is 29.2. The molecule has 0 spiro atoms. The van der Waals surface area contributed by atoms with Crippen molar-refractivity contribution in [2.75, 3.05) is 39.9 Å². The molecule has 1 unspecified atom stereocenters. The van der Waals surface area contributed by atoms with Crippen molar-refractivity contribution < 1.29 is 19.1 Å². The summed E-state index contributed by atoms with van der Waals surface area (Å²) in [6.45, 7) is 3.60. The molecular formula is C25H29ClN2O4. The van der Waals surface area contributed by atoms with Crippen molar-refractivity contribution in [2.24, 2.45) is 0 Å². The maximum absolute atomic E-state index is 13.4. The molecule has 0 aliphatic carbocycles. The average Bonchev–Trinajstić information content (AvgIpc) is 3.31. The SMILES string of the molecule is COC(=O)COc1ccc(CC(=O)N2CCc3ccccc3C2CN2CCCC2)cc1Cl. The monoisotopic (exact) mass is 456 g/mol. The van der Waals surface area contributed by atoms with Crippen LogP contribution in [0.3, 0.4) is 0 Å². The van der Waals surface area contributed by atoms with Crippen LogP contribution >= 0.6 is 11.6 Å². The second-order valence-electron chi connectivity index (χ2n) is 8.37. The molecule has 1 atom stereocenters. The fraction of sp³-hybridized carbons (Fsp3) is 0.440. The summed E-state index contributed by atoms with van der Waals surface area (Å²) in [6.07, 6.45) is 3.60. The van der Waals surface area contributed by atoms with E-state index in [1.807, 2.05) is 11.0 Å². The van der Waals surface area contributed by atoms with Crippen molar-refractivity contribution in [1.29, 1.82) is 0 Å². The Morgan fingerprint density at radius 2 is 1.88 bits per heavy atom. The van der Waals surface area contributed by atoms with Gasteiger partial charge >= 0.3 is 5.97 Å². The van der Waals surface area contributed by atoms with Crippen molar-refractivity contribution >= 4 is 23.5 Å². The Hall–Kier alpha value is -2.57. The second-order valence-corrected chi connectivity index (χ2v) is 8.77. The van der Waals surface area contributed by atoms with E-state index in [0.29, 0.717) is 10.8 Å². The molecule has 0 radical (unpaired) electrons. The topological polar surface area (TPSA) is 59.1 Å². The van der Waals surface area contributed by atoms with Crippen LogP contribution in [0.5, 0.6) is 5.75 Å². The molecule has 1 fully saturated rings. The Labute approximate surface area is 194 Å². The number of hydrogen-bond donors (Lipinski definition) is 0. The first-order valence-electron chi connectivity index (χ1n) is 11.1. The number of nitrogens with zero attached hydrogens (tertiary/aromatic N) is 2. The minimum absolute atomic E-state index is 0.0729. The molecule has 2 aliphatic rings. The second kappa shape index (κ2) is 10.4. The number of amides is 1. The Kier molecular flexibility index (Phi) is 7.33. The molecule has 7 heteroatoms. The van der Waals surface area contributed by atoms with Crippen LogP contribution in [0.25, 0.3) is 0 Å². The van der Waals surface area contributed by atoms with Crippen molar-refractivity contribution in [2.45, 2.75) is 31.7 Å². The Bertz CT molecular complexity index is 974. The lowest BCUT2D eigenvalue weighted by Crippen LogP contribution is -2.45. The summed E-state index contributed by atoms with van der Waals surface area (Å²) in [7, 11) is 1.30. The van der Waals surface area contributed by atoms with Gasteiger partial charge in [-0.2, -0.15) is 0 Å². The van der Waals surface area contributed by atoms with Crippen LogP contribution in [0.1, 0.15) is 35.6 Å². The zero-order chi connectivity index (χ0) is 22.5. The van der Waals surface area contributed by atoms with E-state index in [-0.39, 0.29) is 25.0 Å². The van der Waals surface area contributed by atoms with E-state index in [0.717, 1.165) is 38.2 Å². The molecule has 2 heterocycles. The number of carbonyl (C=O) groups is 2. The third kappa shape index (κ3) is 5.25. The van der Waals surface area contributed by atoms with Gasteiger partial charge in [-0.05, 0) is 61.2 Å². The highest BCUT2D eigenvalue weighted by Crippen LogP contribution is 2.32. The number of halogens is 1. The number of benzene rings is 2. The van der Waals surface area contributed by atoms with E-state index in [4.69, 9.17) is 16.3 Å². The summed E-state index contributed by atoms with van der Waals surface area (Å²) >= 11 is 6.33. The maximum atomic E-state index is 13.4. The van der Waals surface area contributed by atoms with Crippen molar-refractivity contribution in [1.82, 2.24) is 9.80 Å². The van der Waals surface area contributed by atoms with Gasteiger partial charge in [-0.15, -0.1) is 0 Å². The van der Waals surface area contributed by atoms with Crippen LogP contribution in [-0.4, -0.2) is 61.6 Å². The van der Waals surface area contributed by atoms with Gasteiger partial charge in [-0.3, -0.25) is 4.79 Å². The number of fused-ring (bicyclic) bond motifs is 1. The van der Waals surface area contributed by atoms with Gasteiger partial charge in [0, 0.05) is 13.1 Å². The molecule has 1 saturated heterocycles. The van der Waals surface area contributed by atoms with Crippen LogP contribution in [0, 0.1) is 0 Å². The summed E-state index contributed by atoms with van der Waals surface area (Å²) < 4.78 is 9.97. The Morgan fingerprint density at radius 1 is 1.09 bits per heavy atom. The first-order valence-corrected chi connectivity index (χ1v) is 11.5. The Balaban J connectivity index is 1.47. The van der Waals surface area contributed by atoms with Gasteiger partial charge in [0.25, 0.3) is 0 Å². The average molecular weight is 457 g/mol. The van der Waals surface area contributed by atoms with Gasteiger partial charge in [0.15, 0.2) is 6.61 Å². The lowest BCUT2D eigenvalue weighted by atomic mass is 9.91. The lowest BCUT2D eigenvalue weighted by Gasteiger charge is -2.39. The molecule has 0 N–H and O–H groups in total. The predicted molar refractivity (Wildman–Crippen MR) is 123 cm³/mol. The fourth-order valence-corrected chi connectivity index (χ4v) is 4.86. The van der Waals surface area contributed by atoms with Gasteiger partial charge in [-0.25, -0.2) is 4.79 Å². The number of ether oxygens (including phenoxy) is 2. The van der Waals surface area contributed by atoms with E-state index in [9.17, 15) is 9.59 Å². The van der Waals surface area contributed by atoms with Gasteiger partial charge in [0.05, 0.1) is 24.6 Å². The number of methoxy groups -OCH3 is 1. The zero-order valence-corrected chi connectivity index (χ0v) is 19.1. The fourth-order valence-electron chi connectivity index (χ4n) is 4.60. The van der Waals surface area contributed by atoms with E-state index in [1.165, 1.54) is 31.1 Å². The van der Waals surface area contributed by atoms with Crippen LogP contribution in [-0.2, 0) is 27.2 Å². The molecule has 0 saturated carbocycles. The largest absolute Gasteiger partial charge is 0.480 e. The van der Waals surface area contributed by atoms with Crippen LogP contribution < -0.4 is 4.74 Å². The molecule has 0 aromatic heterocycles. The van der Waals surface area contributed by atoms with Crippen molar-refractivity contribution in [3.05, 3.63) is 64.2 Å². The van der Waals surface area contributed by atoms with Crippen molar-refractivity contribution in [3.8, 4) is 5.75 Å². The number of rotatable bonds is 7. The summed E-state index contributed by atoms with van der Waals surface area (Å²) in [6, 6.07) is 13.8. The van der Waals surface area contributed by atoms with Crippen LogP contribution in [0.2, 0.25) is 5.02 Å². The molecule has 2 aliphatic heterocycles. The standard InChI is InChI=1S/C25H29ClN2O4/c1-31-25(30)17-32-23-9-8-18(14-21(23)26)15-24(29)28-13-10-19-6-2-3-7-20(19)22(28)16-27-11-4-5-12-27/h2-3,6-9,14,22H,4-5,10-13,15-17H2,1H3. The highest BCUT2D eigenvalue weighted by Gasteiger charge is 2.32. The number of esters is 1. The summed E-state index contributed by atoms with van der Waals surface area (Å²) in [5.74, 6) is 0.0183. The number of likely N-dealkylation sites (tertiary alicyclic amines) is 1. The zero-order valence-electron chi connectivity index (χ0n) is 18.4. The molecule has 1 amide bonds. The minimum Gasteiger partial charge on any atom is -0.480 e. The third-order valence-corrected chi connectivity index (χ3v) is 6.58. The van der Waals surface area contributed by atoms with E-state index < -0.39 is 5.97 Å². The first kappa shape index (κ1) is 22.6. The van der Waals surface area contributed by atoms with Crippen molar-refractivity contribution in [3.63, 3.8) is 0 Å². The van der Waals surface area contributed by atoms with Gasteiger partial charge in [-0.1, -0.05) is 41.9 Å². The quantitative estimate of drug-likeness (QED) is 0.595. The highest BCUT2D eigenvalue weighted by molar-refractivity contribution is 6.32. The molecule has 6 nitrogen and oxygen atoms in total. The first-order chi connectivity index (χ1) is 15.5. The molecule has 32 heavy (non-hydrogen) atoms. The van der Waals surface area contributed by atoms with E-state index in [1.54, 1.807) is 12.1 Å². The van der Waals surface area contributed by atoms with Crippen LogP contribution in [0.15, 0.2) is 42.5 Å².